The topological polar surface area (TPSA) is 63.5 Å². The molecule has 148 valence electrons. The summed E-state index contributed by atoms with van der Waals surface area (Å²) in [5.41, 5.74) is 3.48. The maximum atomic E-state index is 5.63. The second-order valence-electron chi connectivity index (χ2n) is 6.64. The van der Waals surface area contributed by atoms with Crippen LogP contribution in [0, 0.1) is 6.92 Å². The lowest BCUT2D eigenvalue weighted by molar-refractivity contribution is 0.114. The van der Waals surface area contributed by atoms with Crippen molar-refractivity contribution in [1.82, 2.24) is 20.4 Å². The third-order valence-electron chi connectivity index (χ3n) is 4.68. The van der Waals surface area contributed by atoms with Gasteiger partial charge in [0, 0.05) is 32.9 Å². The number of aryl methyl sites for hydroxylation is 2. The zero-order chi connectivity index (χ0) is 18.2. The summed E-state index contributed by atoms with van der Waals surface area (Å²) in [6, 6.07) is 10.2. The number of ether oxygens (including phenoxy) is 1. The Labute approximate surface area is 178 Å². The Balaban J connectivity index is 0.00000261. The summed E-state index contributed by atoms with van der Waals surface area (Å²) in [6.45, 7) is 4.66. The van der Waals surface area contributed by atoms with Gasteiger partial charge >= 0.3 is 0 Å². The van der Waals surface area contributed by atoms with E-state index >= 15 is 0 Å². The van der Waals surface area contributed by atoms with Crippen molar-refractivity contribution in [2.24, 2.45) is 4.99 Å². The van der Waals surface area contributed by atoms with E-state index in [4.69, 9.17) is 4.74 Å². The summed E-state index contributed by atoms with van der Waals surface area (Å²) in [5.74, 6) is 0.845. The van der Waals surface area contributed by atoms with Crippen molar-refractivity contribution in [3.05, 3.63) is 47.8 Å². The molecule has 0 bridgehead atoms. The molecule has 2 N–H and O–H groups in total. The van der Waals surface area contributed by atoms with Crippen LogP contribution in [-0.4, -0.2) is 48.6 Å². The minimum absolute atomic E-state index is 0. The monoisotopic (exact) mass is 483 g/mol. The molecule has 3 rings (SSSR count). The van der Waals surface area contributed by atoms with Gasteiger partial charge in [0.2, 0.25) is 0 Å². The molecule has 1 aromatic heterocycles. The van der Waals surface area contributed by atoms with Gasteiger partial charge in [0.25, 0.3) is 0 Å². The molecule has 2 heterocycles. The van der Waals surface area contributed by atoms with Gasteiger partial charge in [0.05, 0.1) is 17.5 Å². The van der Waals surface area contributed by atoms with Crippen LogP contribution in [0.4, 0.5) is 0 Å². The summed E-state index contributed by atoms with van der Waals surface area (Å²) < 4.78 is 7.59. The fraction of sp³-hybridized carbons (Fsp3) is 0.500. The number of halogens is 1. The normalized spacial score (nSPS) is 16.8. The highest BCUT2D eigenvalue weighted by Crippen LogP contribution is 2.13. The number of hydrogen-bond acceptors (Lipinski definition) is 3. The predicted molar refractivity (Wildman–Crippen MR) is 120 cm³/mol. The van der Waals surface area contributed by atoms with Crippen LogP contribution in [0.25, 0.3) is 5.69 Å². The lowest BCUT2D eigenvalue weighted by Crippen LogP contribution is -2.41. The molecule has 7 heteroatoms. The molecule has 0 amide bonds. The molecule has 0 aliphatic carbocycles. The van der Waals surface area contributed by atoms with Crippen LogP contribution in [0.2, 0.25) is 0 Å². The first-order valence-corrected chi connectivity index (χ1v) is 9.43. The molecule has 1 aromatic carbocycles. The van der Waals surface area contributed by atoms with Crippen molar-refractivity contribution in [1.29, 1.82) is 0 Å². The molecule has 1 aliphatic heterocycles. The van der Waals surface area contributed by atoms with Crippen molar-refractivity contribution in [2.45, 2.75) is 38.7 Å². The van der Waals surface area contributed by atoms with Crippen molar-refractivity contribution >= 4 is 29.9 Å². The summed E-state index contributed by atoms with van der Waals surface area (Å²) in [4.78, 5) is 4.28. The molecule has 1 atom stereocenters. The molecule has 6 nitrogen and oxygen atoms in total. The Bertz CT molecular complexity index is 710. The SMILES string of the molecule is CN=C(NCCCc1cn(-c2ccccc2)nc1C)NCC1CCCO1.I. The van der Waals surface area contributed by atoms with Crippen molar-refractivity contribution in [3.63, 3.8) is 0 Å². The number of rotatable bonds is 7. The van der Waals surface area contributed by atoms with Crippen LogP contribution in [0.1, 0.15) is 30.5 Å². The molecule has 1 aliphatic rings. The van der Waals surface area contributed by atoms with Crippen molar-refractivity contribution in [2.75, 3.05) is 26.7 Å². The zero-order valence-corrected chi connectivity index (χ0v) is 18.5. The lowest BCUT2D eigenvalue weighted by atomic mass is 10.1. The predicted octanol–water partition coefficient (Wildman–Crippen LogP) is 3.08. The van der Waals surface area contributed by atoms with E-state index in [2.05, 4.69) is 46.0 Å². The minimum Gasteiger partial charge on any atom is -0.376 e. The lowest BCUT2D eigenvalue weighted by Gasteiger charge is -2.14. The molecular formula is C20H30IN5O. The van der Waals surface area contributed by atoms with E-state index in [-0.39, 0.29) is 24.0 Å². The van der Waals surface area contributed by atoms with Gasteiger partial charge in [-0.3, -0.25) is 4.99 Å². The van der Waals surface area contributed by atoms with Gasteiger partial charge in [-0.2, -0.15) is 5.10 Å². The highest BCUT2D eigenvalue weighted by Gasteiger charge is 2.15. The molecule has 2 aromatic rings. The Hall–Kier alpha value is -1.61. The van der Waals surface area contributed by atoms with E-state index in [0.29, 0.717) is 6.10 Å². The molecule has 1 unspecified atom stereocenters. The maximum absolute atomic E-state index is 5.63. The number of nitrogens with zero attached hydrogens (tertiary/aromatic N) is 3. The number of hydrogen-bond donors (Lipinski definition) is 2. The van der Waals surface area contributed by atoms with E-state index in [1.165, 1.54) is 5.56 Å². The fourth-order valence-electron chi connectivity index (χ4n) is 3.18. The highest BCUT2D eigenvalue weighted by molar-refractivity contribution is 14.0. The smallest absolute Gasteiger partial charge is 0.191 e. The number of nitrogens with one attached hydrogen (secondary N) is 2. The fourth-order valence-corrected chi connectivity index (χ4v) is 3.18. The Morgan fingerprint density at radius 2 is 2.11 bits per heavy atom. The van der Waals surface area contributed by atoms with Gasteiger partial charge in [0.1, 0.15) is 0 Å². The Kier molecular flexibility index (Phi) is 9.06. The van der Waals surface area contributed by atoms with E-state index < -0.39 is 0 Å². The van der Waals surface area contributed by atoms with Gasteiger partial charge in [-0.1, -0.05) is 18.2 Å². The first kappa shape index (κ1) is 21.7. The summed E-state index contributed by atoms with van der Waals surface area (Å²) in [5, 5.41) is 11.4. The summed E-state index contributed by atoms with van der Waals surface area (Å²) >= 11 is 0. The minimum atomic E-state index is 0. The summed E-state index contributed by atoms with van der Waals surface area (Å²) in [6.07, 6.45) is 6.77. The van der Waals surface area contributed by atoms with Crippen molar-refractivity contribution < 1.29 is 4.74 Å². The van der Waals surface area contributed by atoms with Crippen LogP contribution in [0.15, 0.2) is 41.5 Å². The van der Waals surface area contributed by atoms with E-state index in [0.717, 1.165) is 62.7 Å². The van der Waals surface area contributed by atoms with Crippen LogP contribution in [0.3, 0.4) is 0 Å². The van der Waals surface area contributed by atoms with E-state index in [9.17, 15) is 0 Å². The molecule has 0 radical (unpaired) electrons. The quantitative estimate of drug-likeness (QED) is 0.275. The van der Waals surface area contributed by atoms with Gasteiger partial charge in [0.15, 0.2) is 5.96 Å². The number of guanidine groups is 1. The van der Waals surface area contributed by atoms with Crippen LogP contribution in [0.5, 0.6) is 0 Å². The first-order chi connectivity index (χ1) is 12.8. The standard InChI is InChI=1S/C20H29N5O.HI/c1-16-17(15-25(24-16)18-9-4-3-5-10-18)8-6-12-22-20(21-2)23-14-19-11-7-13-26-19;/h3-5,9-10,15,19H,6-8,11-14H2,1-2H3,(H2,21,22,23);1H. The Morgan fingerprint density at radius 3 is 2.81 bits per heavy atom. The third kappa shape index (κ3) is 6.49. The van der Waals surface area contributed by atoms with Crippen LogP contribution < -0.4 is 10.6 Å². The average Bonchev–Trinajstić information content (AvgIpc) is 3.32. The van der Waals surface area contributed by atoms with Crippen LogP contribution >= 0.6 is 24.0 Å². The van der Waals surface area contributed by atoms with Gasteiger partial charge in [-0.15, -0.1) is 24.0 Å². The largest absolute Gasteiger partial charge is 0.376 e. The highest BCUT2D eigenvalue weighted by atomic mass is 127. The van der Waals surface area contributed by atoms with E-state index in [1.54, 1.807) is 7.05 Å². The third-order valence-corrected chi connectivity index (χ3v) is 4.68. The average molecular weight is 483 g/mol. The molecule has 27 heavy (non-hydrogen) atoms. The van der Waals surface area contributed by atoms with Crippen LogP contribution in [-0.2, 0) is 11.2 Å². The second kappa shape index (κ2) is 11.3. The van der Waals surface area contributed by atoms with Crippen molar-refractivity contribution in [3.8, 4) is 5.69 Å². The Morgan fingerprint density at radius 1 is 1.30 bits per heavy atom. The molecule has 1 fully saturated rings. The number of benzene rings is 1. The zero-order valence-electron chi connectivity index (χ0n) is 16.1. The number of aliphatic imine (C=N–C) groups is 1. The second-order valence-corrected chi connectivity index (χ2v) is 6.64. The molecule has 0 spiro atoms. The molecule has 1 saturated heterocycles. The van der Waals surface area contributed by atoms with Gasteiger partial charge in [-0.25, -0.2) is 4.68 Å². The molecule has 0 saturated carbocycles. The summed E-state index contributed by atoms with van der Waals surface area (Å²) in [7, 11) is 1.80. The van der Waals surface area contributed by atoms with Gasteiger partial charge < -0.3 is 15.4 Å². The first-order valence-electron chi connectivity index (χ1n) is 9.43. The maximum Gasteiger partial charge on any atom is 0.191 e. The molecular weight excluding hydrogens is 453 g/mol. The van der Waals surface area contributed by atoms with E-state index in [1.807, 2.05) is 22.9 Å². The number of para-hydroxylation sites is 1. The number of aromatic nitrogens is 2. The van der Waals surface area contributed by atoms with Gasteiger partial charge in [-0.05, 0) is 50.3 Å².